The lowest BCUT2D eigenvalue weighted by Crippen LogP contribution is -2.27. The molecule has 0 bridgehead atoms. The van der Waals surface area contributed by atoms with Crippen molar-refractivity contribution >= 4 is 51.5 Å². The van der Waals surface area contributed by atoms with Gasteiger partial charge in [-0.1, -0.05) is 6.07 Å². The number of nitrogens with two attached hydrogens (primary N) is 1. The number of carbonyl (C=O) groups excluding carboxylic acids is 1. The van der Waals surface area contributed by atoms with E-state index < -0.39 is 17.9 Å². The second kappa shape index (κ2) is 6.33. The molecule has 2 rings (SSSR count). The minimum absolute atomic E-state index is 0.0450. The van der Waals surface area contributed by atoms with Gasteiger partial charge in [0.25, 0.3) is 0 Å². The summed E-state index contributed by atoms with van der Waals surface area (Å²) < 4.78 is 0.778. The number of aromatic carboxylic acids is 1. The Morgan fingerprint density at radius 3 is 2.70 bits per heavy atom. The smallest absolute Gasteiger partial charge is 0.337 e. The van der Waals surface area contributed by atoms with Crippen molar-refractivity contribution in [3.05, 3.63) is 49.7 Å². The molecule has 0 aliphatic rings. The highest BCUT2D eigenvalue weighted by atomic mass is 127. The first-order valence-corrected chi connectivity index (χ1v) is 7.57. The second-order valence-corrected chi connectivity index (χ2v) is 6.20. The molecule has 1 unspecified atom stereocenters. The number of halogens is 1. The Kier molecular flexibility index (Phi) is 4.73. The first-order chi connectivity index (χ1) is 9.49. The van der Waals surface area contributed by atoms with Gasteiger partial charge >= 0.3 is 5.97 Å². The maximum atomic E-state index is 12.0. The molecule has 1 amide bonds. The van der Waals surface area contributed by atoms with Crippen molar-refractivity contribution in [2.75, 3.05) is 5.32 Å². The normalized spacial score (nSPS) is 11.9. The van der Waals surface area contributed by atoms with Gasteiger partial charge in [-0.15, -0.1) is 11.3 Å². The predicted molar refractivity (Wildman–Crippen MR) is 86.0 cm³/mol. The van der Waals surface area contributed by atoms with Crippen LogP contribution in [0.1, 0.15) is 21.3 Å². The summed E-state index contributed by atoms with van der Waals surface area (Å²) in [5, 5.41) is 13.5. The topological polar surface area (TPSA) is 92.4 Å². The lowest BCUT2D eigenvalue weighted by molar-refractivity contribution is -0.117. The van der Waals surface area contributed by atoms with E-state index in [0.29, 0.717) is 0 Å². The van der Waals surface area contributed by atoms with Crippen LogP contribution >= 0.6 is 33.9 Å². The third kappa shape index (κ3) is 3.35. The van der Waals surface area contributed by atoms with E-state index >= 15 is 0 Å². The molecule has 0 saturated heterocycles. The zero-order chi connectivity index (χ0) is 14.7. The van der Waals surface area contributed by atoms with Gasteiger partial charge in [-0.25, -0.2) is 4.79 Å². The monoisotopic (exact) mass is 402 g/mol. The third-order valence-electron chi connectivity index (χ3n) is 2.60. The minimum Gasteiger partial charge on any atom is -0.478 e. The van der Waals surface area contributed by atoms with Gasteiger partial charge in [0.2, 0.25) is 5.91 Å². The molecule has 0 aliphatic carbocycles. The summed E-state index contributed by atoms with van der Waals surface area (Å²) in [6.45, 7) is 0. The van der Waals surface area contributed by atoms with E-state index in [4.69, 9.17) is 10.8 Å². The van der Waals surface area contributed by atoms with Crippen LogP contribution in [0.4, 0.5) is 5.69 Å². The highest BCUT2D eigenvalue weighted by molar-refractivity contribution is 14.1. The number of carboxylic acid groups (broad SMARTS) is 1. The number of hydrogen-bond acceptors (Lipinski definition) is 4. The largest absolute Gasteiger partial charge is 0.478 e. The maximum absolute atomic E-state index is 12.0. The number of carbonyl (C=O) groups is 2. The quantitative estimate of drug-likeness (QED) is 0.686. The Labute approximate surface area is 132 Å². The SMILES string of the molecule is NC(C(=O)Nc1ccc(I)cc1C(=O)O)c1cccs1. The molecule has 0 aliphatic heterocycles. The van der Waals surface area contributed by atoms with Gasteiger partial charge in [0, 0.05) is 8.45 Å². The molecule has 1 atom stereocenters. The van der Waals surface area contributed by atoms with Gasteiger partial charge in [0.15, 0.2) is 0 Å². The molecule has 1 heterocycles. The van der Waals surface area contributed by atoms with Crippen LogP contribution in [0, 0.1) is 3.57 Å². The van der Waals surface area contributed by atoms with E-state index in [-0.39, 0.29) is 11.3 Å². The van der Waals surface area contributed by atoms with Crippen LogP contribution in [-0.4, -0.2) is 17.0 Å². The van der Waals surface area contributed by atoms with E-state index in [1.165, 1.54) is 17.4 Å². The Morgan fingerprint density at radius 1 is 1.35 bits per heavy atom. The third-order valence-corrected chi connectivity index (χ3v) is 4.23. The van der Waals surface area contributed by atoms with Gasteiger partial charge in [-0.3, -0.25) is 4.79 Å². The Morgan fingerprint density at radius 2 is 2.10 bits per heavy atom. The number of hydrogen-bond donors (Lipinski definition) is 3. The number of rotatable bonds is 4. The van der Waals surface area contributed by atoms with E-state index in [0.717, 1.165) is 8.45 Å². The lowest BCUT2D eigenvalue weighted by atomic mass is 10.1. The standard InChI is InChI=1S/C13H11IN2O3S/c14-7-3-4-9(8(6-7)13(18)19)16-12(17)11(15)10-2-1-5-20-10/h1-6,11H,15H2,(H,16,17)(H,18,19). The van der Waals surface area contributed by atoms with E-state index in [9.17, 15) is 9.59 Å². The molecule has 2 aromatic rings. The number of thiophene rings is 1. The molecular weight excluding hydrogens is 391 g/mol. The molecule has 5 nitrogen and oxygen atoms in total. The van der Waals surface area contributed by atoms with Crippen molar-refractivity contribution in [1.82, 2.24) is 0 Å². The van der Waals surface area contributed by atoms with Crippen LogP contribution in [0.15, 0.2) is 35.7 Å². The molecule has 0 spiro atoms. The molecule has 7 heteroatoms. The Hall–Kier alpha value is -1.45. The molecule has 1 aromatic carbocycles. The van der Waals surface area contributed by atoms with Gasteiger partial charge in [0.1, 0.15) is 6.04 Å². The molecule has 4 N–H and O–H groups in total. The van der Waals surface area contributed by atoms with Crippen LogP contribution in [0.5, 0.6) is 0 Å². The second-order valence-electron chi connectivity index (χ2n) is 3.98. The average molecular weight is 402 g/mol. The zero-order valence-electron chi connectivity index (χ0n) is 10.2. The van der Waals surface area contributed by atoms with E-state index in [2.05, 4.69) is 5.32 Å². The maximum Gasteiger partial charge on any atom is 0.337 e. The Balaban J connectivity index is 2.22. The summed E-state index contributed by atoms with van der Waals surface area (Å²) in [5.74, 6) is -1.53. The number of anilines is 1. The number of amides is 1. The van der Waals surface area contributed by atoms with Crippen molar-refractivity contribution in [3.63, 3.8) is 0 Å². The summed E-state index contributed by atoms with van der Waals surface area (Å²) in [7, 11) is 0. The van der Waals surface area contributed by atoms with Gasteiger partial charge in [0.05, 0.1) is 11.3 Å². The molecule has 20 heavy (non-hydrogen) atoms. The fourth-order valence-corrected chi connectivity index (χ4v) is 2.83. The zero-order valence-corrected chi connectivity index (χ0v) is 13.1. The highest BCUT2D eigenvalue weighted by Crippen LogP contribution is 2.22. The first-order valence-electron chi connectivity index (χ1n) is 5.61. The van der Waals surface area contributed by atoms with Crippen LogP contribution in [-0.2, 0) is 4.79 Å². The highest BCUT2D eigenvalue weighted by Gasteiger charge is 2.19. The Bertz CT molecular complexity index is 643. The summed E-state index contributed by atoms with van der Waals surface area (Å²) in [6.07, 6.45) is 0. The van der Waals surface area contributed by atoms with E-state index in [1.54, 1.807) is 24.3 Å². The summed E-state index contributed by atoms with van der Waals surface area (Å²) in [5.41, 5.74) is 6.13. The molecule has 104 valence electrons. The minimum atomic E-state index is -1.09. The van der Waals surface area contributed by atoms with Crippen molar-refractivity contribution in [2.45, 2.75) is 6.04 Å². The van der Waals surface area contributed by atoms with Crippen LogP contribution in [0.25, 0.3) is 0 Å². The average Bonchev–Trinajstić information content (AvgIpc) is 2.93. The summed E-state index contributed by atoms with van der Waals surface area (Å²) in [4.78, 5) is 23.9. The number of benzene rings is 1. The molecule has 1 aromatic heterocycles. The molecule has 0 radical (unpaired) electrons. The summed E-state index contributed by atoms with van der Waals surface area (Å²) >= 11 is 3.39. The van der Waals surface area contributed by atoms with Crippen molar-refractivity contribution in [3.8, 4) is 0 Å². The fourth-order valence-electron chi connectivity index (χ4n) is 1.61. The lowest BCUT2D eigenvalue weighted by Gasteiger charge is -2.12. The van der Waals surface area contributed by atoms with Crippen molar-refractivity contribution in [2.24, 2.45) is 5.73 Å². The number of nitrogens with one attached hydrogen (secondary N) is 1. The van der Waals surface area contributed by atoms with E-state index in [1.807, 2.05) is 28.0 Å². The summed E-state index contributed by atoms with van der Waals surface area (Å²) in [6, 6.07) is 7.54. The van der Waals surface area contributed by atoms with Gasteiger partial charge in [-0.05, 0) is 52.2 Å². The first kappa shape index (κ1) is 14.9. The van der Waals surface area contributed by atoms with Crippen LogP contribution < -0.4 is 11.1 Å². The molecule has 0 fully saturated rings. The van der Waals surface area contributed by atoms with Gasteiger partial charge < -0.3 is 16.2 Å². The van der Waals surface area contributed by atoms with Gasteiger partial charge in [-0.2, -0.15) is 0 Å². The fraction of sp³-hybridized carbons (Fsp3) is 0.0769. The molecule has 0 saturated carbocycles. The van der Waals surface area contributed by atoms with Crippen LogP contribution in [0.2, 0.25) is 0 Å². The molecular formula is C13H11IN2O3S. The van der Waals surface area contributed by atoms with Crippen molar-refractivity contribution < 1.29 is 14.7 Å². The van der Waals surface area contributed by atoms with Crippen molar-refractivity contribution in [1.29, 1.82) is 0 Å². The predicted octanol–water partition coefficient (Wildman–Crippen LogP) is 2.69. The number of carboxylic acids is 1. The van der Waals surface area contributed by atoms with Crippen LogP contribution in [0.3, 0.4) is 0 Å².